The summed E-state index contributed by atoms with van der Waals surface area (Å²) in [7, 11) is 0. The third-order valence-corrected chi connectivity index (χ3v) is 5.23. The molecule has 0 saturated heterocycles. The van der Waals surface area contributed by atoms with Crippen molar-refractivity contribution < 1.29 is 10.0 Å². The zero-order chi connectivity index (χ0) is 21.1. The van der Waals surface area contributed by atoms with E-state index in [-0.39, 0.29) is 6.04 Å². The van der Waals surface area contributed by atoms with Crippen molar-refractivity contribution in [3.63, 3.8) is 0 Å². The highest BCUT2D eigenvalue weighted by atomic mass is 16.5. The Balaban J connectivity index is 1.84. The summed E-state index contributed by atoms with van der Waals surface area (Å²) in [6, 6.07) is 24.6. The highest BCUT2D eigenvalue weighted by Gasteiger charge is 2.18. The summed E-state index contributed by atoms with van der Waals surface area (Å²) in [5, 5.41) is 8.68. The standard InChI is InChI=1S/C25H23N3O2/c1-17-10-13-20(14-11-17)18(2)28-23-9-4-3-8-22(23)26-25(28)21-7-5-6-19(16-21)12-15-24(29)27-30/h3-16,18,30H,1-2H3,(H,27,29)/t18-/m1/s1. The number of carbonyl (C=O) groups is 1. The summed E-state index contributed by atoms with van der Waals surface area (Å²) >= 11 is 0. The molecule has 1 amide bonds. The Morgan fingerprint density at radius 1 is 1.07 bits per heavy atom. The van der Waals surface area contributed by atoms with Gasteiger partial charge in [-0.05, 0) is 49.2 Å². The van der Waals surface area contributed by atoms with Crippen LogP contribution in [0, 0.1) is 6.92 Å². The molecule has 0 bridgehead atoms. The second-order valence-corrected chi connectivity index (χ2v) is 7.32. The Hall–Kier alpha value is -3.70. The van der Waals surface area contributed by atoms with Crippen molar-refractivity contribution in [1.82, 2.24) is 15.0 Å². The number of hydroxylamine groups is 1. The molecule has 0 saturated carbocycles. The highest BCUT2D eigenvalue weighted by molar-refractivity contribution is 5.91. The van der Waals surface area contributed by atoms with Crippen LogP contribution in [0.2, 0.25) is 0 Å². The van der Waals surface area contributed by atoms with E-state index in [1.54, 1.807) is 11.6 Å². The molecule has 5 nitrogen and oxygen atoms in total. The number of amides is 1. The largest absolute Gasteiger partial charge is 0.317 e. The number of fused-ring (bicyclic) bond motifs is 1. The molecule has 150 valence electrons. The molecule has 1 heterocycles. The highest BCUT2D eigenvalue weighted by Crippen LogP contribution is 2.32. The van der Waals surface area contributed by atoms with Crippen LogP contribution in [-0.4, -0.2) is 20.7 Å². The van der Waals surface area contributed by atoms with Crippen LogP contribution in [0.1, 0.15) is 29.7 Å². The first kappa shape index (κ1) is 19.6. The molecule has 0 radical (unpaired) electrons. The lowest BCUT2D eigenvalue weighted by molar-refractivity contribution is -0.124. The van der Waals surface area contributed by atoms with Crippen molar-refractivity contribution in [2.45, 2.75) is 19.9 Å². The Morgan fingerprint density at radius 2 is 1.83 bits per heavy atom. The number of hydrogen-bond acceptors (Lipinski definition) is 3. The van der Waals surface area contributed by atoms with Crippen molar-refractivity contribution in [3.8, 4) is 11.4 Å². The first-order valence-corrected chi connectivity index (χ1v) is 9.83. The van der Waals surface area contributed by atoms with Gasteiger partial charge in [0.15, 0.2) is 0 Å². The second kappa shape index (κ2) is 8.35. The summed E-state index contributed by atoms with van der Waals surface area (Å²) in [5.74, 6) is 0.298. The number of aryl methyl sites for hydroxylation is 1. The maximum absolute atomic E-state index is 11.3. The van der Waals surface area contributed by atoms with E-state index in [1.165, 1.54) is 17.2 Å². The number of imidazole rings is 1. The molecule has 0 aliphatic carbocycles. The third-order valence-electron chi connectivity index (χ3n) is 5.23. The lowest BCUT2D eigenvalue weighted by atomic mass is 10.0. The Bertz CT molecular complexity index is 1220. The zero-order valence-electron chi connectivity index (χ0n) is 16.9. The van der Waals surface area contributed by atoms with Gasteiger partial charge in [0.25, 0.3) is 5.91 Å². The molecule has 4 rings (SSSR count). The fourth-order valence-electron chi connectivity index (χ4n) is 3.62. The lowest BCUT2D eigenvalue weighted by Gasteiger charge is -2.19. The van der Waals surface area contributed by atoms with Crippen molar-refractivity contribution in [2.75, 3.05) is 0 Å². The fourth-order valence-corrected chi connectivity index (χ4v) is 3.62. The molecule has 4 aromatic rings. The van der Waals surface area contributed by atoms with Gasteiger partial charge in [-0.2, -0.15) is 0 Å². The molecule has 5 heteroatoms. The van der Waals surface area contributed by atoms with E-state index < -0.39 is 5.91 Å². The van der Waals surface area contributed by atoms with E-state index >= 15 is 0 Å². The smallest absolute Gasteiger partial charge is 0.267 e. The van der Waals surface area contributed by atoms with Crippen LogP contribution >= 0.6 is 0 Å². The molecule has 3 aromatic carbocycles. The minimum atomic E-state index is -0.569. The number of rotatable bonds is 5. The molecular formula is C25H23N3O2. The maximum Gasteiger partial charge on any atom is 0.267 e. The number of hydrogen-bond donors (Lipinski definition) is 2. The number of aromatic nitrogens is 2. The molecule has 0 unspecified atom stereocenters. The lowest BCUT2D eigenvalue weighted by Crippen LogP contribution is -2.14. The quantitative estimate of drug-likeness (QED) is 0.278. The molecule has 0 aliphatic heterocycles. The number of carbonyl (C=O) groups excluding carboxylic acids is 1. The zero-order valence-corrected chi connectivity index (χ0v) is 16.9. The monoisotopic (exact) mass is 397 g/mol. The third kappa shape index (κ3) is 3.88. The maximum atomic E-state index is 11.3. The van der Waals surface area contributed by atoms with Gasteiger partial charge in [0.2, 0.25) is 0 Å². The Kier molecular flexibility index (Phi) is 5.46. The molecule has 0 aliphatic rings. The molecule has 1 atom stereocenters. The van der Waals surface area contributed by atoms with Gasteiger partial charge in [-0.25, -0.2) is 10.5 Å². The molecule has 0 spiro atoms. The van der Waals surface area contributed by atoms with E-state index in [9.17, 15) is 4.79 Å². The minimum absolute atomic E-state index is 0.0902. The minimum Gasteiger partial charge on any atom is -0.317 e. The summed E-state index contributed by atoms with van der Waals surface area (Å²) in [6.45, 7) is 4.26. The van der Waals surface area contributed by atoms with Gasteiger partial charge in [0.05, 0.1) is 17.1 Å². The summed E-state index contributed by atoms with van der Waals surface area (Å²) in [4.78, 5) is 16.2. The van der Waals surface area contributed by atoms with Crippen LogP contribution in [-0.2, 0) is 4.79 Å². The van der Waals surface area contributed by atoms with Crippen LogP contribution in [0.4, 0.5) is 0 Å². The van der Waals surface area contributed by atoms with Crippen LogP contribution in [0.3, 0.4) is 0 Å². The van der Waals surface area contributed by atoms with Crippen LogP contribution in [0.5, 0.6) is 0 Å². The SMILES string of the molecule is Cc1ccc([C@@H](C)n2c(-c3cccc(C=CC(=O)NO)c3)nc3ccccc32)cc1. The Labute approximate surface area is 175 Å². The molecule has 1 aromatic heterocycles. The van der Waals surface area contributed by atoms with Crippen molar-refractivity contribution in [1.29, 1.82) is 0 Å². The number of para-hydroxylation sites is 2. The predicted molar refractivity (Wildman–Crippen MR) is 119 cm³/mol. The average molecular weight is 397 g/mol. The normalized spacial score (nSPS) is 12.4. The first-order valence-electron chi connectivity index (χ1n) is 9.83. The van der Waals surface area contributed by atoms with Gasteiger partial charge < -0.3 is 4.57 Å². The van der Waals surface area contributed by atoms with Gasteiger partial charge in [-0.3, -0.25) is 10.0 Å². The van der Waals surface area contributed by atoms with Gasteiger partial charge in [0, 0.05) is 11.6 Å². The van der Waals surface area contributed by atoms with Crippen LogP contribution in [0.25, 0.3) is 28.5 Å². The summed E-state index contributed by atoms with van der Waals surface area (Å²) < 4.78 is 2.25. The summed E-state index contributed by atoms with van der Waals surface area (Å²) in [6.07, 6.45) is 2.95. The summed E-state index contributed by atoms with van der Waals surface area (Å²) in [5.41, 5.74) is 7.85. The topological polar surface area (TPSA) is 67.2 Å². The Morgan fingerprint density at radius 3 is 2.60 bits per heavy atom. The second-order valence-electron chi connectivity index (χ2n) is 7.32. The molecular weight excluding hydrogens is 374 g/mol. The van der Waals surface area contributed by atoms with Gasteiger partial charge in [0.1, 0.15) is 5.82 Å². The molecule has 30 heavy (non-hydrogen) atoms. The van der Waals surface area contributed by atoms with Gasteiger partial charge in [-0.15, -0.1) is 0 Å². The van der Waals surface area contributed by atoms with E-state index in [2.05, 4.69) is 48.7 Å². The van der Waals surface area contributed by atoms with Crippen molar-refractivity contribution in [3.05, 3.63) is 95.6 Å². The number of nitrogens with one attached hydrogen (secondary N) is 1. The number of benzene rings is 3. The van der Waals surface area contributed by atoms with E-state index in [1.807, 2.05) is 42.5 Å². The van der Waals surface area contributed by atoms with E-state index in [4.69, 9.17) is 10.2 Å². The van der Waals surface area contributed by atoms with Gasteiger partial charge >= 0.3 is 0 Å². The molecule has 2 N–H and O–H groups in total. The van der Waals surface area contributed by atoms with Crippen LogP contribution < -0.4 is 5.48 Å². The van der Waals surface area contributed by atoms with E-state index in [0.29, 0.717) is 0 Å². The number of nitrogens with zero attached hydrogens (tertiary/aromatic N) is 2. The predicted octanol–water partition coefficient (Wildman–Crippen LogP) is 5.14. The molecule has 0 fully saturated rings. The first-order chi connectivity index (χ1) is 14.6. The van der Waals surface area contributed by atoms with Crippen LogP contribution in [0.15, 0.2) is 78.9 Å². The average Bonchev–Trinajstić information content (AvgIpc) is 3.17. The van der Waals surface area contributed by atoms with Crippen molar-refractivity contribution >= 4 is 23.0 Å². The van der Waals surface area contributed by atoms with E-state index in [0.717, 1.165) is 28.0 Å². The van der Waals surface area contributed by atoms with Gasteiger partial charge in [-0.1, -0.05) is 60.2 Å². The van der Waals surface area contributed by atoms with Crippen molar-refractivity contribution in [2.24, 2.45) is 0 Å². The fraction of sp³-hybridized carbons (Fsp3) is 0.120.